The highest BCUT2D eigenvalue weighted by molar-refractivity contribution is 5.54. The van der Waals surface area contributed by atoms with Crippen molar-refractivity contribution in [1.82, 2.24) is 24.5 Å². The third-order valence-electron chi connectivity index (χ3n) is 2.39. The van der Waals surface area contributed by atoms with Crippen molar-refractivity contribution in [2.45, 2.75) is 13.5 Å². The molecule has 0 saturated heterocycles. The van der Waals surface area contributed by atoms with Crippen LogP contribution in [0.1, 0.15) is 17.1 Å². The van der Waals surface area contributed by atoms with Crippen LogP contribution < -0.4 is 5.32 Å². The average Bonchev–Trinajstić information content (AvgIpc) is 2.80. The fourth-order valence-corrected chi connectivity index (χ4v) is 1.62. The predicted molar refractivity (Wildman–Crippen MR) is 61.0 cm³/mol. The van der Waals surface area contributed by atoms with Gasteiger partial charge >= 0.3 is 0 Å². The molecular weight excluding hydrogens is 218 g/mol. The molecule has 0 bridgehead atoms. The van der Waals surface area contributed by atoms with Crippen molar-refractivity contribution in [2.24, 2.45) is 14.1 Å². The molecule has 2 aromatic heterocycles. The fourth-order valence-electron chi connectivity index (χ4n) is 1.62. The van der Waals surface area contributed by atoms with Crippen molar-refractivity contribution >= 4 is 5.82 Å². The van der Waals surface area contributed by atoms with E-state index in [0.29, 0.717) is 29.4 Å². The number of anilines is 1. The van der Waals surface area contributed by atoms with Crippen LogP contribution in [-0.4, -0.2) is 24.5 Å². The Kier molecular flexibility index (Phi) is 2.78. The van der Waals surface area contributed by atoms with Gasteiger partial charge in [0, 0.05) is 14.1 Å². The van der Waals surface area contributed by atoms with Crippen molar-refractivity contribution in [3.05, 3.63) is 23.4 Å². The predicted octanol–water partition coefficient (Wildman–Crippen LogP) is 0.341. The number of nitrogens with zero attached hydrogens (tertiary/aromatic N) is 6. The lowest BCUT2D eigenvalue weighted by Gasteiger charge is -2.04. The van der Waals surface area contributed by atoms with Crippen molar-refractivity contribution in [3.8, 4) is 6.07 Å². The van der Waals surface area contributed by atoms with Gasteiger partial charge < -0.3 is 5.32 Å². The van der Waals surface area contributed by atoms with Crippen LogP contribution in [0.15, 0.2) is 6.33 Å². The second-order valence-corrected chi connectivity index (χ2v) is 3.73. The number of aryl methyl sites for hydroxylation is 3. The molecule has 1 N–H and O–H groups in total. The Balaban J connectivity index is 2.17. The van der Waals surface area contributed by atoms with Gasteiger partial charge in [0.25, 0.3) is 0 Å². The van der Waals surface area contributed by atoms with Crippen LogP contribution in [0.4, 0.5) is 5.82 Å². The molecular formula is C10H13N7. The topological polar surface area (TPSA) is 84.3 Å². The molecule has 0 saturated carbocycles. The number of hydrogen-bond donors (Lipinski definition) is 1. The molecule has 0 atom stereocenters. The van der Waals surface area contributed by atoms with Crippen LogP contribution in [0.2, 0.25) is 0 Å². The molecule has 0 amide bonds. The van der Waals surface area contributed by atoms with Gasteiger partial charge in [-0.2, -0.15) is 15.5 Å². The summed E-state index contributed by atoms with van der Waals surface area (Å²) in [6.07, 6.45) is 1.64. The largest absolute Gasteiger partial charge is 0.362 e. The van der Waals surface area contributed by atoms with E-state index in [-0.39, 0.29) is 0 Å². The summed E-state index contributed by atoms with van der Waals surface area (Å²) in [5.41, 5.74) is 1.27. The SMILES string of the molecule is Cc1nn(C)c(NCc2ncn(C)n2)c1C#N. The molecule has 0 fully saturated rings. The third kappa shape index (κ3) is 2.10. The second kappa shape index (κ2) is 4.25. The first-order valence-electron chi connectivity index (χ1n) is 5.14. The quantitative estimate of drug-likeness (QED) is 0.823. The summed E-state index contributed by atoms with van der Waals surface area (Å²) in [5.74, 6) is 1.37. The Labute approximate surface area is 98.7 Å². The summed E-state index contributed by atoms with van der Waals surface area (Å²) in [6, 6.07) is 2.13. The zero-order valence-corrected chi connectivity index (χ0v) is 9.97. The van der Waals surface area contributed by atoms with E-state index in [0.717, 1.165) is 0 Å². The van der Waals surface area contributed by atoms with Crippen molar-refractivity contribution in [1.29, 1.82) is 5.26 Å². The van der Waals surface area contributed by atoms with Gasteiger partial charge in [-0.05, 0) is 6.92 Å². The number of aromatic nitrogens is 5. The normalized spacial score (nSPS) is 10.2. The van der Waals surface area contributed by atoms with Crippen molar-refractivity contribution in [2.75, 3.05) is 5.32 Å². The van der Waals surface area contributed by atoms with E-state index >= 15 is 0 Å². The maximum Gasteiger partial charge on any atom is 0.169 e. The van der Waals surface area contributed by atoms with Gasteiger partial charge in [-0.3, -0.25) is 9.36 Å². The molecule has 2 heterocycles. The highest BCUT2D eigenvalue weighted by Gasteiger charge is 2.12. The van der Waals surface area contributed by atoms with Crippen LogP contribution >= 0.6 is 0 Å². The van der Waals surface area contributed by atoms with Crippen LogP contribution in [0, 0.1) is 18.3 Å². The van der Waals surface area contributed by atoms with Crippen LogP contribution in [-0.2, 0) is 20.6 Å². The van der Waals surface area contributed by atoms with E-state index in [1.807, 2.05) is 14.0 Å². The van der Waals surface area contributed by atoms with E-state index in [9.17, 15) is 0 Å². The average molecular weight is 231 g/mol. The smallest absolute Gasteiger partial charge is 0.169 e. The van der Waals surface area contributed by atoms with E-state index in [2.05, 4.69) is 26.6 Å². The molecule has 0 radical (unpaired) electrons. The molecule has 0 unspecified atom stereocenters. The number of nitrogens with one attached hydrogen (secondary N) is 1. The van der Waals surface area contributed by atoms with Crippen molar-refractivity contribution in [3.63, 3.8) is 0 Å². The molecule has 0 aliphatic carbocycles. The van der Waals surface area contributed by atoms with Gasteiger partial charge in [0.2, 0.25) is 0 Å². The molecule has 7 heteroatoms. The minimum atomic E-state index is 0.467. The molecule has 17 heavy (non-hydrogen) atoms. The first kappa shape index (κ1) is 11.1. The Morgan fingerprint density at radius 3 is 2.76 bits per heavy atom. The molecule has 0 aliphatic heterocycles. The Morgan fingerprint density at radius 2 is 2.18 bits per heavy atom. The van der Waals surface area contributed by atoms with E-state index in [1.165, 1.54) is 0 Å². The molecule has 2 aromatic rings. The highest BCUT2D eigenvalue weighted by Crippen LogP contribution is 2.17. The van der Waals surface area contributed by atoms with Crippen LogP contribution in [0.5, 0.6) is 0 Å². The molecule has 2 rings (SSSR count). The number of rotatable bonds is 3. The number of nitriles is 1. The van der Waals surface area contributed by atoms with Gasteiger partial charge in [-0.15, -0.1) is 0 Å². The summed E-state index contributed by atoms with van der Waals surface area (Å²) in [6.45, 7) is 2.28. The molecule has 7 nitrogen and oxygen atoms in total. The van der Waals surface area contributed by atoms with Gasteiger partial charge in [-0.25, -0.2) is 4.98 Å². The first-order valence-corrected chi connectivity index (χ1v) is 5.14. The Morgan fingerprint density at radius 1 is 1.41 bits per heavy atom. The van der Waals surface area contributed by atoms with E-state index in [4.69, 9.17) is 5.26 Å². The third-order valence-corrected chi connectivity index (χ3v) is 2.39. The number of hydrogen-bond acceptors (Lipinski definition) is 5. The minimum absolute atomic E-state index is 0.467. The Hall–Kier alpha value is -2.36. The summed E-state index contributed by atoms with van der Waals surface area (Å²) in [5, 5.41) is 20.5. The summed E-state index contributed by atoms with van der Waals surface area (Å²) >= 11 is 0. The van der Waals surface area contributed by atoms with E-state index < -0.39 is 0 Å². The summed E-state index contributed by atoms with van der Waals surface area (Å²) < 4.78 is 3.29. The van der Waals surface area contributed by atoms with Crippen LogP contribution in [0.25, 0.3) is 0 Å². The second-order valence-electron chi connectivity index (χ2n) is 3.73. The van der Waals surface area contributed by atoms with Gasteiger partial charge in [0.15, 0.2) is 5.82 Å². The zero-order chi connectivity index (χ0) is 12.4. The fraction of sp³-hybridized carbons (Fsp3) is 0.400. The maximum atomic E-state index is 9.04. The van der Waals surface area contributed by atoms with Crippen molar-refractivity contribution < 1.29 is 0 Å². The maximum absolute atomic E-state index is 9.04. The van der Waals surface area contributed by atoms with E-state index in [1.54, 1.807) is 22.7 Å². The lowest BCUT2D eigenvalue weighted by Crippen LogP contribution is -2.07. The zero-order valence-electron chi connectivity index (χ0n) is 9.97. The van der Waals surface area contributed by atoms with Gasteiger partial charge in [0.05, 0.1) is 12.2 Å². The monoisotopic (exact) mass is 231 g/mol. The van der Waals surface area contributed by atoms with Crippen LogP contribution in [0.3, 0.4) is 0 Å². The summed E-state index contributed by atoms with van der Waals surface area (Å²) in [7, 11) is 3.60. The molecule has 0 aromatic carbocycles. The molecule has 0 spiro atoms. The molecule has 88 valence electrons. The molecule has 0 aliphatic rings. The highest BCUT2D eigenvalue weighted by atomic mass is 15.3. The first-order chi connectivity index (χ1) is 8.11. The van der Waals surface area contributed by atoms with Gasteiger partial charge in [-0.1, -0.05) is 0 Å². The lowest BCUT2D eigenvalue weighted by molar-refractivity contribution is 0.737. The van der Waals surface area contributed by atoms with Gasteiger partial charge in [0.1, 0.15) is 23.8 Å². The summed E-state index contributed by atoms with van der Waals surface area (Å²) in [4.78, 5) is 4.10. The lowest BCUT2D eigenvalue weighted by atomic mass is 10.2. The standard InChI is InChI=1S/C10H13N7/c1-7-8(4-11)10(17(3)14-7)12-5-9-13-6-16(2)15-9/h6,12H,5H2,1-3H3. The minimum Gasteiger partial charge on any atom is -0.362 e. The Bertz CT molecular complexity index is 572.